The van der Waals surface area contributed by atoms with Crippen molar-refractivity contribution in [3.8, 4) is 0 Å². The lowest BCUT2D eigenvalue weighted by molar-refractivity contribution is -0.137. The van der Waals surface area contributed by atoms with Gasteiger partial charge in [0.15, 0.2) is 0 Å². The molecule has 6 heteroatoms. The fraction of sp³-hybridized carbons (Fsp3) is 0.308. The van der Waals surface area contributed by atoms with Crippen LogP contribution in [-0.2, 0) is 12.7 Å². The maximum Gasteiger partial charge on any atom is 0.416 e. The number of alkyl halides is 3. The van der Waals surface area contributed by atoms with Crippen LogP contribution in [0.2, 0.25) is 0 Å². The molecule has 1 atom stereocenters. The van der Waals surface area contributed by atoms with Crippen molar-refractivity contribution < 1.29 is 13.2 Å². The SMILES string of the molecule is Cc1cnn(CC(N)c2ccc(C(F)(F)F)cc2)c1. The van der Waals surface area contributed by atoms with E-state index < -0.39 is 11.7 Å². The molecule has 0 amide bonds. The number of nitrogens with two attached hydrogens (primary N) is 1. The highest BCUT2D eigenvalue weighted by Crippen LogP contribution is 2.29. The molecule has 0 saturated heterocycles. The number of nitrogens with zero attached hydrogens (tertiary/aromatic N) is 2. The van der Waals surface area contributed by atoms with E-state index in [-0.39, 0.29) is 6.04 Å². The standard InChI is InChI=1S/C13H14F3N3/c1-9-6-18-19(7-9)8-12(17)10-2-4-11(5-3-10)13(14,15)16/h2-7,12H,8,17H2,1H3. The van der Waals surface area contributed by atoms with Gasteiger partial charge in [-0.25, -0.2) is 0 Å². The summed E-state index contributed by atoms with van der Waals surface area (Å²) in [5.74, 6) is 0. The Labute approximate surface area is 108 Å². The summed E-state index contributed by atoms with van der Waals surface area (Å²) in [5, 5.41) is 4.09. The summed E-state index contributed by atoms with van der Waals surface area (Å²) in [5.41, 5.74) is 6.95. The van der Waals surface area contributed by atoms with Gasteiger partial charge in [0.25, 0.3) is 0 Å². The van der Waals surface area contributed by atoms with Crippen LogP contribution >= 0.6 is 0 Å². The quantitative estimate of drug-likeness (QED) is 0.931. The molecule has 0 fully saturated rings. The summed E-state index contributed by atoms with van der Waals surface area (Å²) < 4.78 is 39.0. The lowest BCUT2D eigenvalue weighted by atomic mass is 10.1. The van der Waals surface area contributed by atoms with Crippen molar-refractivity contribution in [1.82, 2.24) is 9.78 Å². The Bertz CT molecular complexity index is 543. The van der Waals surface area contributed by atoms with Gasteiger partial charge in [-0.05, 0) is 30.2 Å². The first-order chi connectivity index (χ1) is 8.86. The van der Waals surface area contributed by atoms with Gasteiger partial charge in [-0.3, -0.25) is 4.68 Å². The lowest BCUT2D eigenvalue weighted by Gasteiger charge is -2.13. The average Bonchev–Trinajstić information content (AvgIpc) is 2.74. The molecule has 2 rings (SSSR count). The average molecular weight is 269 g/mol. The Morgan fingerprint density at radius 2 is 1.89 bits per heavy atom. The maximum atomic E-state index is 12.4. The zero-order valence-corrected chi connectivity index (χ0v) is 10.4. The monoisotopic (exact) mass is 269 g/mol. The molecular formula is C13H14F3N3. The highest BCUT2D eigenvalue weighted by molar-refractivity contribution is 5.26. The van der Waals surface area contributed by atoms with Crippen LogP contribution in [0.5, 0.6) is 0 Å². The zero-order chi connectivity index (χ0) is 14.0. The van der Waals surface area contributed by atoms with Gasteiger partial charge in [-0.15, -0.1) is 0 Å². The van der Waals surface area contributed by atoms with Gasteiger partial charge in [0.2, 0.25) is 0 Å². The second-order valence-electron chi connectivity index (χ2n) is 4.47. The minimum Gasteiger partial charge on any atom is -0.322 e. The number of aryl methyl sites for hydroxylation is 1. The van der Waals surface area contributed by atoms with Crippen LogP contribution in [0.25, 0.3) is 0 Å². The topological polar surface area (TPSA) is 43.8 Å². The molecule has 0 saturated carbocycles. The van der Waals surface area contributed by atoms with Gasteiger partial charge in [0.1, 0.15) is 0 Å². The Morgan fingerprint density at radius 1 is 1.26 bits per heavy atom. The number of halogens is 3. The number of rotatable bonds is 3. The van der Waals surface area contributed by atoms with E-state index >= 15 is 0 Å². The summed E-state index contributed by atoms with van der Waals surface area (Å²) in [6.45, 7) is 2.34. The third-order valence-corrected chi connectivity index (χ3v) is 2.81. The third-order valence-electron chi connectivity index (χ3n) is 2.81. The maximum absolute atomic E-state index is 12.4. The van der Waals surface area contributed by atoms with Crippen LogP contribution in [0.1, 0.15) is 22.7 Å². The van der Waals surface area contributed by atoms with Crippen LogP contribution in [0.4, 0.5) is 13.2 Å². The van der Waals surface area contributed by atoms with Gasteiger partial charge in [-0.1, -0.05) is 12.1 Å². The lowest BCUT2D eigenvalue weighted by Crippen LogP contribution is -2.18. The van der Waals surface area contributed by atoms with Crippen molar-refractivity contribution in [3.63, 3.8) is 0 Å². The minimum absolute atomic E-state index is 0.387. The largest absolute Gasteiger partial charge is 0.416 e. The molecule has 0 spiro atoms. The molecule has 1 aromatic heterocycles. The molecule has 1 heterocycles. The molecule has 19 heavy (non-hydrogen) atoms. The predicted molar refractivity (Wildman–Crippen MR) is 65.3 cm³/mol. The normalized spacial score (nSPS) is 13.5. The fourth-order valence-corrected chi connectivity index (χ4v) is 1.79. The summed E-state index contributed by atoms with van der Waals surface area (Å²) in [7, 11) is 0. The van der Waals surface area contributed by atoms with Crippen LogP contribution in [-0.4, -0.2) is 9.78 Å². The summed E-state index contributed by atoms with van der Waals surface area (Å²) >= 11 is 0. The first kappa shape index (κ1) is 13.6. The van der Waals surface area contributed by atoms with E-state index in [1.165, 1.54) is 12.1 Å². The molecule has 102 valence electrons. The van der Waals surface area contributed by atoms with E-state index in [1.54, 1.807) is 10.9 Å². The molecule has 2 aromatic rings. The highest BCUT2D eigenvalue weighted by atomic mass is 19.4. The Balaban J connectivity index is 2.09. The van der Waals surface area contributed by atoms with Crippen LogP contribution in [0.15, 0.2) is 36.7 Å². The first-order valence-corrected chi connectivity index (χ1v) is 5.78. The van der Waals surface area contributed by atoms with E-state index in [9.17, 15) is 13.2 Å². The van der Waals surface area contributed by atoms with Crippen molar-refractivity contribution in [3.05, 3.63) is 53.3 Å². The molecule has 0 aliphatic carbocycles. The van der Waals surface area contributed by atoms with Crippen molar-refractivity contribution in [2.45, 2.75) is 25.7 Å². The fourth-order valence-electron chi connectivity index (χ4n) is 1.79. The number of hydrogen-bond acceptors (Lipinski definition) is 2. The molecule has 0 aliphatic rings. The van der Waals surface area contributed by atoms with Crippen molar-refractivity contribution in [2.24, 2.45) is 5.73 Å². The molecule has 2 N–H and O–H groups in total. The first-order valence-electron chi connectivity index (χ1n) is 5.78. The van der Waals surface area contributed by atoms with Crippen molar-refractivity contribution in [2.75, 3.05) is 0 Å². The van der Waals surface area contributed by atoms with Gasteiger partial charge >= 0.3 is 6.18 Å². The van der Waals surface area contributed by atoms with Gasteiger partial charge in [-0.2, -0.15) is 18.3 Å². The molecule has 0 radical (unpaired) electrons. The van der Waals surface area contributed by atoms with E-state index in [0.717, 1.165) is 17.7 Å². The van der Waals surface area contributed by atoms with E-state index in [2.05, 4.69) is 5.10 Å². The van der Waals surface area contributed by atoms with E-state index in [4.69, 9.17) is 5.73 Å². The molecule has 0 bridgehead atoms. The second-order valence-corrected chi connectivity index (χ2v) is 4.47. The third kappa shape index (κ3) is 3.35. The smallest absolute Gasteiger partial charge is 0.322 e. The highest BCUT2D eigenvalue weighted by Gasteiger charge is 2.30. The minimum atomic E-state index is -4.32. The summed E-state index contributed by atoms with van der Waals surface area (Å²) in [6, 6.07) is 4.52. The second kappa shape index (κ2) is 5.05. The number of hydrogen-bond donors (Lipinski definition) is 1. The molecular weight excluding hydrogens is 255 g/mol. The Hall–Kier alpha value is -1.82. The molecule has 0 aliphatic heterocycles. The van der Waals surface area contributed by atoms with Crippen LogP contribution < -0.4 is 5.73 Å². The Kier molecular flexibility index (Phi) is 3.61. The van der Waals surface area contributed by atoms with Crippen molar-refractivity contribution in [1.29, 1.82) is 0 Å². The molecule has 1 unspecified atom stereocenters. The zero-order valence-electron chi connectivity index (χ0n) is 10.4. The Morgan fingerprint density at radius 3 is 2.37 bits per heavy atom. The summed E-state index contributed by atoms with van der Waals surface area (Å²) in [6.07, 6.45) is -0.773. The predicted octanol–water partition coefficient (Wildman–Crippen LogP) is 2.91. The van der Waals surface area contributed by atoms with Gasteiger partial charge in [0.05, 0.1) is 18.3 Å². The molecule has 3 nitrogen and oxygen atoms in total. The summed E-state index contributed by atoms with van der Waals surface area (Å²) in [4.78, 5) is 0. The van der Waals surface area contributed by atoms with Gasteiger partial charge in [0, 0.05) is 12.2 Å². The van der Waals surface area contributed by atoms with E-state index in [1.807, 2.05) is 13.1 Å². The van der Waals surface area contributed by atoms with Crippen molar-refractivity contribution >= 4 is 0 Å². The molecule has 1 aromatic carbocycles. The van der Waals surface area contributed by atoms with Crippen LogP contribution in [0, 0.1) is 6.92 Å². The van der Waals surface area contributed by atoms with Gasteiger partial charge < -0.3 is 5.73 Å². The number of benzene rings is 1. The van der Waals surface area contributed by atoms with E-state index in [0.29, 0.717) is 12.1 Å². The number of aromatic nitrogens is 2. The van der Waals surface area contributed by atoms with Crippen LogP contribution in [0.3, 0.4) is 0 Å².